The SMILES string of the molecule is COC(=O)c1cc(OC)c2c(c1-c1c(/C=C/C(=O)c3ccc([N+](=O)[O-])cc3)cc(OC)c3c1OCO3)OCO2. The molecule has 5 rings (SSSR count). The second kappa shape index (κ2) is 10.2. The van der Waals surface area contributed by atoms with Crippen molar-refractivity contribution in [2.75, 3.05) is 34.9 Å². The Balaban J connectivity index is 1.71. The molecule has 0 atom stereocenters. The highest BCUT2D eigenvalue weighted by Crippen LogP contribution is 2.56. The third-order valence-electron chi connectivity index (χ3n) is 6.12. The number of non-ortho nitro benzene ring substituents is 1. The minimum atomic E-state index is -0.679. The third kappa shape index (κ3) is 4.41. The van der Waals surface area contributed by atoms with E-state index in [-0.39, 0.29) is 59.0 Å². The minimum absolute atomic E-state index is 0.0952. The number of rotatable bonds is 8. The lowest BCUT2D eigenvalue weighted by Crippen LogP contribution is -2.06. The fraction of sp³-hybridized carbons (Fsp3) is 0.185. The number of carbonyl (C=O) groups excluding carboxylic acids is 2. The van der Waals surface area contributed by atoms with Gasteiger partial charge in [-0.1, -0.05) is 6.08 Å². The molecule has 2 aliphatic rings. The molecule has 3 aromatic rings. The molecule has 0 aliphatic carbocycles. The van der Waals surface area contributed by atoms with Crippen LogP contribution in [0.1, 0.15) is 26.3 Å². The van der Waals surface area contributed by atoms with Gasteiger partial charge >= 0.3 is 5.97 Å². The van der Waals surface area contributed by atoms with Crippen molar-refractivity contribution in [3.05, 3.63) is 69.3 Å². The highest BCUT2D eigenvalue weighted by molar-refractivity contribution is 6.09. The number of hydrogen-bond acceptors (Lipinski definition) is 11. The Kier molecular flexibility index (Phi) is 6.67. The summed E-state index contributed by atoms with van der Waals surface area (Å²) in [4.78, 5) is 36.3. The van der Waals surface area contributed by atoms with Gasteiger partial charge in [0.25, 0.3) is 5.69 Å². The number of methoxy groups -OCH3 is 3. The molecule has 3 aromatic carbocycles. The molecule has 0 aromatic heterocycles. The maximum atomic E-state index is 12.9. The van der Waals surface area contributed by atoms with E-state index in [4.69, 9.17) is 33.2 Å². The average Bonchev–Trinajstić information content (AvgIpc) is 3.65. The summed E-state index contributed by atoms with van der Waals surface area (Å²) < 4.78 is 38.8. The Morgan fingerprint density at radius 3 is 1.97 bits per heavy atom. The highest BCUT2D eigenvalue weighted by atomic mass is 16.7. The third-order valence-corrected chi connectivity index (χ3v) is 6.12. The van der Waals surface area contributed by atoms with E-state index in [0.717, 1.165) is 0 Å². The lowest BCUT2D eigenvalue weighted by atomic mass is 9.91. The quantitative estimate of drug-likeness (QED) is 0.133. The van der Waals surface area contributed by atoms with Gasteiger partial charge in [0.15, 0.2) is 28.8 Å². The summed E-state index contributed by atoms with van der Waals surface area (Å²) in [5.41, 5.74) is 1.26. The zero-order valence-corrected chi connectivity index (χ0v) is 21.0. The number of nitro groups is 1. The zero-order chi connectivity index (χ0) is 27.7. The number of allylic oxidation sites excluding steroid dienone is 1. The summed E-state index contributed by atoms with van der Waals surface area (Å²) in [5.74, 6) is 0.544. The van der Waals surface area contributed by atoms with Crippen LogP contribution in [-0.4, -0.2) is 51.6 Å². The number of hydrogen-bond donors (Lipinski definition) is 0. The number of ether oxygens (including phenoxy) is 7. The van der Waals surface area contributed by atoms with E-state index in [0.29, 0.717) is 22.6 Å². The summed E-state index contributed by atoms with van der Waals surface area (Å²) in [6.45, 7) is -0.236. The first-order valence-electron chi connectivity index (χ1n) is 11.4. The Hall–Kier alpha value is -5.26. The van der Waals surface area contributed by atoms with Crippen LogP contribution in [0.15, 0.2) is 42.5 Å². The Morgan fingerprint density at radius 2 is 1.41 bits per heavy atom. The standard InChI is InChI=1S/C27H21NO11/c1-33-19-10-15(6-9-18(29)14-4-7-16(8-5-14)28(31)32)21(25-23(19)36-12-38-25)22-17(27(30)35-3)11-20(34-2)24-26(22)39-13-37-24/h4-11H,12-13H2,1-3H3/b9-6+. The molecule has 0 radical (unpaired) electrons. The molecular formula is C27H21NO11. The Morgan fingerprint density at radius 1 is 0.846 bits per heavy atom. The second-order valence-electron chi connectivity index (χ2n) is 8.17. The summed E-state index contributed by atoms with van der Waals surface area (Å²) in [6.07, 6.45) is 2.80. The molecule has 0 fully saturated rings. The van der Waals surface area contributed by atoms with Crippen LogP contribution in [0.4, 0.5) is 5.69 Å². The highest BCUT2D eigenvalue weighted by Gasteiger charge is 2.35. The van der Waals surface area contributed by atoms with Gasteiger partial charge in [-0.2, -0.15) is 0 Å². The molecule has 0 N–H and O–H groups in total. The van der Waals surface area contributed by atoms with Crippen molar-refractivity contribution >= 4 is 23.5 Å². The number of benzene rings is 3. The molecule has 12 heteroatoms. The van der Waals surface area contributed by atoms with Gasteiger partial charge in [0.2, 0.25) is 25.1 Å². The van der Waals surface area contributed by atoms with Crippen LogP contribution in [-0.2, 0) is 4.74 Å². The number of carbonyl (C=O) groups is 2. The van der Waals surface area contributed by atoms with Gasteiger partial charge in [-0.15, -0.1) is 0 Å². The van der Waals surface area contributed by atoms with Crippen LogP contribution in [0, 0.1) is 10.1 Å². The molecule has 0 unspecified atom stereocenters. The van der Waals surface area contributed by atoms with Gasteiger partial charge in [0.1, 0.15) is 0 Å². The molecular weight excluding hydrogens is 514 g/mol. The Bertz CT molecular complexity index is 1530. The first-order valence-corrected chi connectivity index (χ1v) is 11.4. The number of esters is 1. The lowest BCUT2D eigenvalue weighted by Gasteiger charge is -2.18. The smallest absolute Gasteiger partial charge is 0.338 e. The molecule has 2 heterocycles. The van der Waals surface area contributed by atoms with Gasteiger partial charge in [0, 0.05) is 28.8 Å². The number of ketones is 1. The van der Waals surface area contributed by atoms with Crippen molar-refractivity contribution in [3.63, 3.8) is 0 Å². The maximum Gasteiger partial charge on any atom is 0.338 e. The van der Waals surface area contributed by atoms with Gasteiger partial charge in [-0.25, -0.2) is 4.79 Å². The van der Waals surface area contributed by atoms with Crippen molar-refractivity contribution in [1.82, 2.24) is 0 Å². The molecule has 12 nitrogen and oxygen atoms in total. The van der Waals surface area contributed by atoms with Crippen LogP contribution in [0.3, 0.4) is 0 Å². The first-order chi connectivity index (χ1) is 18.9. The van der Waals surface area contributed by atoms with Gasteiger partial charge < -0.3 is 33.2 Å². The van der Waals surface area contributed by atoms with Crippen molar-refractivity contribution in [1.29, 1.82) is 0 Å². The predicted octanol–water partition coefficient (Wildman–Crippen LogP) is 4.42. The number of nitro benzene ring substituents is 1. The Labute approximate surface area is 221 Å². The zero-order valence-electron chi connectivity index (χ0n) is 21.0. The molecule has 0 saturated carbocycles. The van der Waals surface area contributed by atoms with Gasteiger partial charge in [-0.05, 0) is 35.9 Å². The van der Waals surface area contributed by atoms with E-state index >= 15 is 0 Å². The van der Waals surface area contributed by atoms with Crippen molar-refractivity contribution in [2.24, 2.45) is 0 Å². The van der Waals surface area contributed by atoms with Gasteiger partial charge in [-0.3, -0.25) is 14.9 Å². The predicted molar refractivity (Wildman–Crippen MR) is 135 cm³/mol. The maximum absolute atomic E-state index is 12.9. The van der Waals surface area contributed by atoms with E-state index in [1.54, 1.807) is 6.07 Å². The van der Waals surface area contributed by atoms with E-state index in [1.165, 1.54) is 63.8 Å². The van der Waals surface area contributed by atoms with Crippen LogP contribution in [0.5, 0.6) is 34.5 Å². The van der Waals surface area contributed by atoms with Crippen LogP contribution in [0.2, 0.25) is 0 Å². The largest absolute Gasteiger partial charge is 0.493 e. The number of nitrogens with zero attached hydrogens (tertiary/aromatic N) is 1. The fourth-order valence-corrected chi connectivity index (χ4v) is 4.32. The first kappa shape index (κ1) is 25.4. The molecule has 0 saturated heterocycles. The van der Waals surface area contributed by atoms with Crippen molar-refractivity contribution in [2.45, 2.75) is 0 Å². The number of fused-ring (bicyclic) bond motifs is 2. The van der Waals surface area contributed by atoms with Crippen LogP contribution < -0.4 is 28.4 Å². The van der Waals surface area contributed by atoms with Crippen molar-refractivity contribution < 1.29 is 47.7 Å². The summed E-state index contributed by atoms with van der Waals surface area (Å²) in [5, 5.41) is 10.9. The van der Waals surface area contributed by atoms with Gasteiger partial charge in [0.05, 0.1) is 31.8 Å². The summed E-state index contributed by atoms with van der Waals surface area (Å²) in [7, 11) is 4.12. The molecule has 2 aliphatic heterocycles. The fourth-order valence-electron chi connectivity index (χ4n) is 4.32. The lowest BCUT2D eigenvalue weighted by molar-refractivity contribution is -0.384. The second-order valence-corrected chi connectivity index (χ2v) is 8.17. The van der Waals surface area contributed by atoms with Crippen LogP contribution in [0.25, 0.3) is 17.2 Å². The van der Waals surface area contributed by atoms with E-state index < -0.39 is 16.7 Å². The molecule has 0 amide bonds. The van der Waals surface area contributed by atoms with Crippen molar-refractivity contribution in [3.8, 4) is 45.6 Å². The van der Waals surface area contributed by atoms with Crippen LogP contribution >= 0.6 is 0 Å². The molecule has 39 heavy (non-hydrogen) atoms. The summed E-state index contributed by atoms with van der Waals surface area (Å²) in [6, 6.07) is 8.31. The molecule has 0 spiro atoms. The summed E-state index contributed by atoms with van der Waals surface area (Å²) >= 11 is 0. The molecule has 200 valence electrons. The normalized spacial score (nSPS) is 12.9. The average molecular weight is 535 g/mol. The van der Waals surface area contributed by atoms with E-state index in [2.05, 4.69) is 0 Å². The van der Waals surface area contributed by atoms with E-state index in [1.807, 2.05) is 0 Å². The minimum Gasteiger partial charge on any atom is -0.493 e. The van der Waals surface area contributed by atoms with E-state index in [9.17, 15) is 19.7 Å². The topological polar surface area (TPSA) is 142 Å². The monoisotopic (exact) mass is 535 g/mol. The molecule has 0 bridgehead atoms.